The molecule has 1 unspecified atom stereocenters. The first-order valence-corrected chi connectivity index (χ1v) is 14.3. The fraction of sp³-hybridized carbons (Fsp3) is 0.556. The Kier molecular flexibility index (Phi) is 5.67. The van der Waals surface area contributed by atoms with E-state index in [4.69, 9.17) is 0 Å². The molecule has 21 heavy (non-hydrogen) atoms. The SMILES string of the molecule is C/C=C(\C)[Si](CC)(Nc1ccccc1)[Si](C)(C)C(C)(C)C. The van der Waals surface area contributed by atoms with Crippen LogP contribution in [0.1, 0.15) is 41.5 Å². The highest BCUT2D eigenvalue weighted by molar-refractivity contribution is 7.46. The molecule has 0 heterocycles. The minimum Gasteiger partial charge on any atom is -0.409 e. The molecule has 118 valence electrons. The highest BCUT2D eigenvalue weighted by Gasteiger charge is 2.55. The Bertz CT molecular complexity index is 486. The smallest absolute Gasteiger partial charge is 0.168 e. The fourth-order valence-electron chi connectivity index (χ4n) is 3.21. The summed E-state index contributed by atoms with van der Waals surface area (Å²) in [4.78, 5) is 4.07. The normalized spacial score (nSPS) is 16.5. The minimum absolute atomic E-state index is 0.390. The van der Waals surface area contributed by atoms with E-state index in [2.05, 4.69) is 96.0 Å². The van der Waals surface area contributed by atoms with Crippen molar-refractivity contribution in [2.24, 2.45) is 0 Å². The van der Waals surface area contributed by atoms with Gasteiger partial charge in [0.2, 0.25) is 0 Å². The van der Waals surface area contributed by atoms with E-state index in [-0.39, 0.29) is 0 Å². The van der Waals surface area contributed by atoms with E-state index in [1.54, 1.807) is 5.20 Å². The number of hydrogen-bond donors (Lipinski definition) is 1. The molecule has 0 saturated heterocycles. The van der Waals surface area contributed by atoms with Crippen LogP contribution in [0.25, 0.3) is 0 Å². The van der Waals surface area contributed by atoms with Crippen LogP contribution in [0.3, 0.4) is 0 Å². The van der Waals surface area contributed by atoms with Crippen molar-refractivity contribution in [2.45, 2.75) is 65.7 Å². The number of nitrogens with one attached hydrogen (secondary N) is 1. The number of anilines is 1. The Hall–Kier alpha value is -0.806. The van der Waals surface area contributed by atoms with Crippen LogP contribution in [0, 0.1) is 0 Å². The summed E-state index contributed by atoms with van der Waals surface area (Å²) in [6.07, 6.45) is 2.35. The lowest BCUT2D eigenvalue weighted by Crippen LogP contribution is -2.69. The summed E-state index contributed by atoms with van der Waals surface area (Å²) in [5, 5.41) is 2.00. The molecule has 1 aromatic rings. The molecule has 3 heteroatoms. The van der Waals surface area contributed by atoms with Crippen LogP contribution in [0.15, 0.2) is 41.6 Å². The lowest BCUT2D eigenvalue weighted by atomic mass is 10.2. The van der Waals surface area contributed by atoms with Gasteiger partial charge in [0.25, 0.3) is 0 Å². The molecule has 1 nitrogen and oxygen atoms in total. The molecule has 0 saturated carbocycles. The van der Waals surface area contributed by atoms with E-state index in [1.807, 2.05) is 0 Å². The van der Waals surface area contributed by atoms with E-state index in [0.29, 0.717) is 5.04 Å². The third-order valence-electron chi connectivity index (χ3n) is 5.71. The van der Waals surface area contributed by atoms with Gasteiger partial charge in [0.15, 0.2) is 7.75 Å². The van der Waals surface area contributed by atoms with Crippen LogP contribution in [-0.4, -0.2) is 15.3 Å². The van der Waals surface area contributed by atoms with Crippen molar-refractivity contribution in [1.82, 2.24) is 0 Å². The van der Waals surface area contributed by atoms with Crippen molar-refractivity contribution in [3.63, 3.8) is 0 Å². The van der Waals surface area contributed by atoms with Gasteiger partial charge in [-0.05, 0) is 37.1 Å². The number of allylic oxidation sites excluding steroid dienone is 2. The zero-order valence-electron chi connectivity index (χ0n) is 15.2. The summed E-state index contributed by atoms with van der Waals surface area (Å²) < 4.78 is 0. The summed E-state index contributed by atoms with van der Waals surface area (Å²) in [5.74, 6) is 0. The highest BCUT2D eigenvalue weighted by atomic mass is 29.3. The van der Waals surface area contributed by atoms with Crippen molar-refractivity contribution in [2.75, 3.05) is 4.98 Å². The van der Waals surface area contributed by atoms with Crippen molar-refractivity contribution in [3.8, 4) is 0 Å². The summed E-state index contributed by atoms with van der Waals surface area (Å²) in [6.45, 7) is 19.4. The molecule has 0 spiro atoms. The summed E-state index contributed by atoms with van der Waals surface area (Å²) >= 11 is 0. The molecular weight excluding hydrogens is 286 g/mol. The van der Waals surface area contributed by atoms with Crippen LogP contribution in [0.2, 0.25) is 24.2 Å². The van der Waals surface area contributed by atoms with Crippen molar-refractivity contribution < 1.29 is 0 Å². The van der Waals surface area contributed by atoms with Crippen LogP contribution in [-0.2, 0) is 0 Å². The van der Waals surface area contributed by atoms with Gasteiger partial charge in [-0.1, -0.05) is 70.3 Å². The maximum Gasteiger partial charge on any atom is 0.168 e. The van der Waals surface area contributed by atoms with Crippen LogP contribution in [0.4, 0.5) is 5.69 Å². The zero-order chi connectivity index (χ0) is 16.3. The number of hydrogen-bond acceptors (Lipinski definition) is 1. The topological polar surface area (TPSA) is 12.0 Å². The molecule has 0 bridgehead atoms. The number of para-hydroxylation sites is 1. The average molecular weight is 320 g/mol. The van der Waals surface area contributed by atoms with Gasteiger partial charge < -0.3 is 4.98 Å². The zero-order valence-corrected chi connectivity index (χ0v) is 17.2. The first kappa shape index (κ1) is 18.2. The molecule has 1 aromatic carbocycles. The standard InChI is InChI=1S/C18H33NSi2/c1-9-16(3)21(10-2,20(7,8)18(4,5)6)19-17-14-12-11-13-15-17/h9,11-15,19H,10H2,1-8H3/b16-9+. The van der Waals surface area contributed by atoms with Crippen molar-refractivity contribution in [3.05, 3.63) is 41.6 Å². The predicted octanol–water partition coefficient (Wildman–Crippen LogP) is 6.16. The van der Waals surface area contributed by atoms with Gasteiger partial charge in [-0.25, -0.2) is 0 Å². The quantitative estimate of drug-likeness (QED) is 0.641. The van der Waals surface area contributed by atoms with E-state index in [9.17, 15) is 0 Å². The number of rotatable bonds is 5. The molecule has 0 aliphatic rings. The van der Waals surface area contributed by atoms with Gasteiger partial charge in [-0.3, -0.25) is 0 Å². The molecule has 0 aliphatic carbocycles. The van der Waals surface area contributed by atoms with Crippen molar-refractivity contribution in [1.29, 1.82) is 0 Å². The van der Waals surface area contributed by atoms with Gasteiger partial charge >= 0.3 is 0 Å². The van der Waals surface area contributed by atoms with Crippen LogP contribution in [0.5, 0.6) is 0 Å². The maximum absolute atomic E-state index is 4.07. The third kappa shape index (κ3) is 3.34. The van der Waals surface area contributed by atoms with Crippen LogP contribution >= 0.6 is 0 Å². The Morgan fingerprint density at radius 1 is 1.14 bits per heavy atom. The molecule has 1 N–H and O–H groups in total. The summed E-state index contributed by atoms with van der Waals surface area (Å²) in [6, 6.07) is 12.0. The molecular formula is C18H33NSi2. The first-order valence-electron chi connectivity index (χ1n) is 8.09. The molecule has 1 atom stereocenters. The average Bonchev–Trinajstić information content (AvgIpc) is 2.43. The third-order valence-corrected chi connectivity index (χ3v) is 26.3. The lowest BCUT2D eigenvalue weighted by molar-refractivity contribution is 0.732. The largest absolute Gasteiger partial charge is 0.409 e. The Morgan fingerprint density at radius 3 is 2.05 bits per heavy atom. The lowest BCUT2D eigenvalue weighted by Gasteiger charge is -2.52. The summed E-state index contributed by atoms with van der Waals surface area (Å²) in [7, 11) is -3.22. The van der Waals surface area contributed by atoms with Gasteiger partial charge in [0.1, 0.15) is 0 Å². The maximum atomic E-state index is 4.07. The molecule has 1 rings (SSSR count). The van der Waals surface area contributed by atoms with E-state index < -0.39 is 15.3 Å². The van der Waals surface area contributed by atoms with E-state index >= 15 is 0 Å². The second kappa shape index (κ2) is 6.53. The molecule has 0 amide bonds. The van der Waals surface area contributed by atoms with Crippen molar-refractivity contribution >= 4 is 21.0 Å². The van der Waals surface area contributed by atoms with Crippen LogP contribution < -0.4 is 4.98 Å². The van der Waals surface area contributed by atoms with Gasteiger partial charge in [-0.15, -0.1) is 0 Å². The highest BCUT2D eigenvalue weighted by Crippen LogP contribution is 2.45. The Balaban J connectivity index is 3.43. The number of benzene rings is 1. The summed E-state index contributed by atoms with van der Waals surface area (Å²) in [5.41, 5.74) is 1.29. The molecule has 0 radical (unpaired) electrons. The second-order valence-electron chi connectivity index (χ2n) is 7.60. The Morgan fingerprint density at radius 2 is 1.67 bits per heavy atom. The van der Waals surface area contributed by atoms with E-state index in [0.717, 1.165) is 0 Å². The fourth-order valence-corrected chi connectivity index (χ4v) is 20.0. The van der Waals surface area contributed by atoms with Gasteiger partial charge in [0.05, 0.1) is 7.59 Å². The van der Waals surface area contributed by atoms with Gasteiger partial charge in [-0.2, -0.15) is 0 Å². The first-order chi connectivity index (χ1) is 9.62. The molecule has 0 fully saturated rings. The monoisotopic (exact) mass is 319 g/mol. The predicted molar refractivity (Wildman–Crippen MR) is 103 cm³/mol. The van der Waals surface area contributed by atoms with Gasteiger partial charge in [0, 0.05) is 5.69 Å². The second-order valence-corrected chi connectivity index (χ2v) is 22.2. The molecule has 0 aliphatic heterocycles. The minimum atomic E-state index is -1.73. The van der Waals surface area contributed by atoms with E-state index in [1.165, 1.54) is 11.7 Å². The Labute approximate surface area is 133 Å². The molecule has 0 aromatic heterocycles.